The molecule has 1 aromatic rings. The average Bonchev–Trinajstić information content (AvgIpc) is 3.27. The largest absolute Gasteiger partial charge is 0.493 e. The van der Waals surface area contributed by atoms with Crippen LogP contribution < -0.4 is 10.1 Å². The van der Waals surface area contributed by atoms with Crippen molar-refractivity contribution in [3.05, 3.63) is 29.8 Å². The van der Waals surface area contributed by atoms with Gasteiger partial charge in [0.1, 0.15) is 17.4 Å². The van der Waals surface area contributed by atoms with Gasteiger partial charge in [0.25, 0.3) is 0 Å². The molecule has 0 aromatic heterocycles. The van der Waals surface area contributed by atoms with Gasteiger partial charge in [-0.1, -0.05) is 18.2 Å². The van der Waals surface area contributed by atoms with E-state index in [1.807, 2.05) is 24.3 Å². The van der Waals surface area contributed by atoms with E-state index >= 15 is 0 Å². The maximum atomic E-state index is 11.8. The molecule has 1 amide bonds. The number of carbonyl (C=O) groups excluding carboxylic acids is 1. The zero-order valence-electron chi connectivity index (χ0n) is 14.4. The first-order valence-electron chi connectivity index (χ1n) is 8.17. The first-order chi connectivity index (χ1) is 11.2. The van der Waals surface area contributed by atoms with E-state index in [1.54, 1.807) is 20.8 Å². The fraction of sp³-hybridized carbons (Fsp3) is 0.556. The summed E-state index contributed by atoms with van der Waals surface area (Å²) >= 11 is 0. The highest BCUT2D eigenvalue weighted by atomic mass is 16.6. The van der Waals surface area contributed by atoms with Crippen molar-refractivity contribution in [1.29, 1.82) is 0 Å². The van der Waals surface area contributed by atoms with Crippen LogP contribution in [0.15, 0.2) is 24.3 Å². The van der Waals surface area contributed by atoms with Gasteiger partial charge in [0.05, 0.1) is 6.61 Å². The molecular weight excluding hydrogens is 310 g/mol. The SMILES string of the molecule is CC(C)(C)OC(=O)NC(Cc1ccccc1OCC1CC1)C(=O)O. The summed E-state index contributed by atoms with van der Waals surface area (Å²) in [7, 11) is 0. The van der Waals surface area contributed by atoms with Gasteiger partial charge in [0.2, 0.25) is 0 Å². The van der Waals surface area contributed by atoms with Crippen molar-refractivity contribution >= 4 is 12.1 Å². The topological polar surface area (TPSA) is 84.9 Å². The molecule has 0 bridgehead atoms. The zero-order valence-corrected chi connectivity index (χ0v) is 14.4. The third-order valence-corrected chi connectivity index (χ3v) is 3.56. The quantitative estimate of drug-likeness (QED) is 0.800. The van der Waals surface area contributed by atoms with E-state index in [0.717, 1.165) is 5.56 Å². The van der Waals surface area contributed by atoms with E-state index < -0.39 is 23.7 Å². The second kappa shape index (κ2) is 7.55. The molecule has 0 aliphatic heterocycles. The molecule has 0 saturated heterocycles. The lowest BCUT2D eigenvalue weighted by Gasteiger charge is -2.22. The van der Waals surface area contributed by atoms with E-state index in [4.69, 9.17) is 9.47 Å². The van der Waals surface area contributed by atoms with Crippen LogP contribution in [0.4, 0.5) is 4.79 Å². The molecular formula is C18H25NO5. The molecule has 2 N–H and O–H groups in total. The van der Waals surface area contributed by atoms with Crippen LogP contribution in [0, 0.1) is 5.92 Å². The minimum Gasteiger partial charge on any atom is -0.493 e. The van der Waals surface area contributed by atoms with Crippen molar-refractivity contribution in [2.75, 3.05) is 6.61 Å². The van der Waals surface area contributed by atoms with E-state index in [0.29, 0.717) is 18.3 Å². The number of ether oxygens (including phenoxy) is 2. The second-order valence-corrected chi connectivity index (χ2v) is 7.10. The molecule has 0 spiro atoms. The first-order valence-corrected chi connectivity index (χ1v) is 8.17. The number of hydrogen-bond acceptors (Lipinski definition) is 4. The Morgan fingerprint density at radius 3 is 2.54 bits per heavy atom. The maximum absolute atomic E-state index is 11.8. The van der Waals surface area contributed by atoms with Gasteiger partial charge in [-0.15, -0.1) is 0 Å². The maximum Gasteiger partial charge on any atom is 0.408 e. The number of para-hydroxylation sites is 1. The standard InChI is InChI=1S/C18H25NO5/c1-18(2,3)24-17(22)19-14(16(20)21)10-13-6-4-5-7-15(13)23-11-12-8-9-12/h4-7,12,14H,8-11H2,1-3H3,(H,19,22)(H,20,21). The molecule has 132 valence electrons. The molecule has 1 fully saturated rings. The minimum atomic E-state index is -1.11. The van der Waals surface area contributed by atoms with Gasteiger partial charge in [-0.25, -0.2) is 9.59 Å². The van der Waals surface area contributed by atoms with Crippen molar-refractivity contribution in [3.63, 3.8) is 0 Å². The molecule has 1 unspecified atom stereocenters. The van der Waals surface area contributed by atoms with Gasteiger partial charge >= 0.3 is 12.1 Å². The van der Waals surface area contributed by atoms with Crippen LogP contribution in [0.25, 0.3) is 0 Å². The Morgan fingerprint density at radius 2 is 1.96 bits per heavy atom. The van der Waals surface area contributed by atoms with Crippen LogP contribution in [0.3, 0.4) is 0 Å². The molecule has 1 atom stereocenters. The van der Waals surface area contributed by atoms with E-state index in [2.05, 4.69) is 5.32 Å². The van der Waals surface area contributed by atoms with E-state index in [1.165, 1.54) is 12.8 Å². The monoisotopic (exact) mass is 335 g/mol. The molecule has 6 nitrogen and oxygen atoms in total. The van der Waals surface area contributed by atoms with E-state index in [-0.39, 0.29) is 6.42 Å². The molecule has 1 aliphatic carbocycles. The number of hydrogen-bond donors (Lipinski definition) is 2. The number of nitrogens with one attached hydrogen (secondary N) is 1. The molecule has 2 rings (SSSR count). The summed E-state index contributed by atoms with van der Waals surface area (Å²) in [5.74, 6) is 0.160. The van der Waals surface area contributed by atoms with Gasteiger partial charge < -0.3 is 19.9 Å². The van der Waals surface area contributed by atoms with Crippen molar-refractivity contribution < 1.29 is 24.2 Å². The summed E-state index contributed by atoms with van der Waals surface area (Å²) < 4.78 is 10.9. The highest BCUT2D eigenvalue weighted by Gasteiger charge is 2.26. The van der Waals surface area contributed by atoms with Gasteiger partial charge in [-0.3, -0.25) is 0 Å². The Kier molecular flexibility index (Phi) is 5.70. The summed E-state index contributed by atoms with van der Waals surface area (Å²) in [5, 5.41) is 11.8. The third-order valence-electron chi connectivity index (χ3n) is 3.56. The predicted octanol–water partition coefficient (Wildman–Crippen LogP) is 3.00. The van der Waals surface area contributed by atoms with Gasteiger partial charge in [0, 0.05) is 6.42 Å². The number of aliphatic carboxylic acids is 1. The number of amides is 1. The number of carbonyl (C=O) groups is 2. The molecule has 24 heavy (non-hydrogen) atoms. The van der Waals surface area contributed by atoms with Crippen molar-refractivity contribution in [3.8, 4) is 5.75 Å². The normalized spacial score (nSPS) is 15.5. The molecule has 1 aliphatic rings. The second-order valence-electron chi connectivity index (χ2n) is 7.10. The number of alkyl carbamates (subject to hydrolysis) is 1. The summed E-state index contributed by atoms with van der Waals surface area (Å²) in [5.41, 5.74) is 0.0694. The van der Waals surface area contributed by atoms with Crippen LogP contribution in [0.5, 0.6) is 5.75 Å². The molecule has 0 radical (unpaired) electrons. The summed E-state index contributed by atoms with van der Waals surface area (Å²) in [6.45, 7) is 5.82. The van der Waals surface area contributed by atoms with E-state index in [9.17, 15) is 14.7 Å². The zero-order chi connectivity index (χ0) is 17.7. The first kappa shape index (κ1) is 18.1. The molecule has 6 heteroatoms. The lowest BCUT2D eigenvalue weighted by Crippen LogP contribution is -2.44. The smallest absolute Gasteiger partial charge is 0.408 e. The fourth-order valence-electron chi connectivity index (χ4n) is 2.18. The van der Waals surface area contributed by atoms with Crippen LogP contribution in [-0.4, -0.2) is 35.4 Å². The highest BCUT2D eigenvalue weighted by Crippen LogP contribution is 2.30. The lowest BCUT2D eigenvalue weighted by molar-refractivity contribution is -0.139. The number of carboxylic acids is 1. The molecule has 1 saturated carbocycles. The Labute approximate surface area is 142 Å². The average molecular weight is 335 g/mol. The summed E-state index contributed by atoms with van der Waals surface area (Å²) in [6.07, 6.45) is 1.75. The van der Waals surface area contributed by atoms with Gasteiger partial charge in [0.15, 0.2) is 0 Å². The number of carboxylic acid groups (broad SMARTS) is 1. The highest BCUT2D eigenvalue weighted by molar-refractivity contribution is 5.80. The molecule has 1 aromatic carbocycles. The number of rotatable bonds is 7. The fourth-order valence-corrected chi connectivity index (χ4v) is 2.18. The van der Waals surface area contributed by atoms with Gasteiger partial charge in [-0.2, -0.15) is 0 Å². The van der Waals surface area contributed by atoms with Crippen molar-refractivity contribution in [2.24, 2.45) is 5.92 Å². The van der Waals surface area contributed by atoms with Crippen molar-refractivity contribution in [2.45, 2.75) is 51.7 Å². The Bertz CT molecular complexity index is 589. The minimum absolute atomic E-state index is 0.134. The third kappa shape index (κ3) is 6.10. The summed E-state index contributed by atoms with van der Waals surface area (Å²) in [4.78, 5) is 23.3. The van der Waals surface area contributed by atoms with Crippen molar-refractivity contribution in [1.82, 2.24) is 5.32 Å². The van der Waals surface area contributed by atoms with Crippen LogP contribution in [0.1, 0.15) is 39.2 Å². The summed E-state index contributed by atoms with van der Waals surface area (Å²) in [6, 6.07) is 6.23. The van der Waals surface area contributed by atoms with Gasteiger partial charge in [-0.05, 0) is 51.2 Å². The van der Waals surface area contributed by atoms with Crippen LogP contribution >= 0.6 is 0 Å². The Morgan fingerprint density at radius 1 is 1.29 bits per heavy atom. The van der Waals surface area contributed by atoms with Crippen LogP contribution in [0.2, 0.25) is 0 Å². The Hall–Kier alpha value is -2.24. The van der Waals surface area contributed by atoms with Crippen LogP contribution in [-0.2, 0) is 16.0 Å². The molecule has 0 heterocycles. The lowest BCUT2D eigenvalue weighted by atomic mass is 10.0. The predicted molar refractivity (Wildman–Crippen MR) is 89.2 cm³/mol. The number of benzene rings is 1. The Balaban J connectivity index is 2.01.